The van der Waals surface area contributed by atoms with Crippen LogP contribution in [0.4, 0.5) is 0 Å². The van der Waals surface area contributed by atoms with Gasteiger partial charge in [0.15, 0.2) is 11.5 Å². The molecule has 3 rings (SSSR count). The molecular weight excluding hydrogens is 368 g/mol. The molecule has 3 nitrogen and oxygen atoms in total. The van der Waals surface area contributed by atoms with Gasteiger partial charge in [0.2, 0.25) is 0 Å². The first-order valence-electron chi connectivity index (χ1n) is 7.64. The highest BCUT2D eigenvalue weighted by Crippen LogP contribution is 2.31. The molecule has 0 atom stereocenters. The minimum absolute atomic E-state index is 0.480. The molecule has 3 aromatic rings. The first-order chi connectivity index (χ1) is 11.6. The second kappa shape index (κ2) is 7.14. The first kappa shape index (κ1) is 16.7. The number of ether oxygens (including phenoxy) is 3. The van der Waals surface area contributed by atoms with Crippen molar-refractivity contribution in [2.45, 2.75) is 13.5 Å². The lowest BCUT2D eigenvalue weighted by molar-refractivity contribution is 0.303. The normalized spacial score (nSPS) is 10.7. The Labute approximate surface area is 150 Å². The fraction of sp³-hybridized carbons (Fsp3) is 0.200. The van der Waals surface area contributed by atoms with Gasteiger partial charge in [-0.05, 0) is 65.2 Å². The minimum atomic E-state index is 0.480. The zero-order valence-electron chi connectivity index (χ0n) is 13.9. The van der Waals surface area contributed by atoms with Crippen molar-refractivity contribution in [2.75, 3.05) is 14.2 Å². The Bertz CT molecular complexity index is 874. The second-order valence-electron chi connectivity index (χ2n) is 5.58. The molecule has 0 amide bonds. The van der Waals surface area contributed by atoms with Crippen LogP contribution in [0.2, 0.25) is 0 Å². The molecule has 3 aromatic carbocycles. The molecule has 24 heavy (non-hydrogen) atoms. The van der Waals surface area contributed by atoms with E-state index < -0.39 is 0 Å². The van der Waals surface area contributed by atoms with Crippen LogP contribution in [0.15, 0.2) is 53.0 Å². The zero-order valence-corrected chi connectivity index (χ0v) is 15.5. The first-order valence-corrected chi connectivity index (χ1v) is 8.43. The summed E-state index contributed by atoms with van der Waals surface area (Å²) in [6.45, 7) is 2.52. The van der Waals surface area contributed by atoms with Gasteiger partial charge in [0.25, 0.3) is 0 Å². The molecule has 0 aliphatic rings. The number of aryl methyl sites for hydroxylation is 1. The molecule has 124 valence electrons. The third kappa shape index (κ3) is 3.49. The average Bonchev–Trinajstić information content (AvgIpc) is 2.60. The smallest absolute Gasteiger partial charge is 0.161 e. The van der Waals surface area contributed by atoms with E-state index in [4.69, 9.17) is 14.2 Å². The molecule has 0 spiro atoms. The summed E-state index contributed by atoms with van der Waals surface area (Å²) in [6, 6.07) is 16.2. The molecule has 0 radical (unpaired) electrons. The maximum Gasteiger partial charge on any atom is 0.161 e. The van der Waals surface area contributed by atoms with Crippen LogP contribution < -0.4 is 14.2 Å². The van der Waals surface area contributed by atoms with E-state index >= 15 is 0 Å². The number of fused-ring (bicyclic) bond motifs is 1. The van der Waals surface area contributed by atoms with Gasteiger partial charge >= 0.3 is 0 Å². The molecule has 0 unspecified atom stereocenters. The Morgan fingerprint density at radius 3 is 2.25 bits per heavy atom. The average molecular weight is 387 g/mol. The van der Waals surface area contributed by atoms with Crippen LogP contribution in [-0.2, 0) is 6.61 Å². The Kier molecular flexibility index (Phi) is 4.95. The van der Waals surface area contributed by atoms with Gasteiger partial charge in [0.1, 0.15) is 12.4 Å². The number of hydrogen-bond donors (Lipinski definition) is 0. The summed E-state index contributed by atoms with van der Waals surface area (Å²) in [5, 5.41) is 2.33. The molecule has 0 heterocycles. The molecule has 0 fully saturated rings. The van der Waals surface area contributed by atoms with E-state index in [1.54, 1.807) is 14.2 Å². The Hall–Kier alpha value is -2.20. The molecule has 0 bridgehead atoms. The lowest BCUT2D eigenvalue weighted by Crippen LogP contribution is -2.00. The maximum absolute atomic E-state index is 5.98. The number of hydrogen-bond acceptors (Lipinski definition) is 3. The fourth-order valence-corrected chi connectivity index (χ4v) is 3.00. The highest BCUT2D eigenvalue weighted by molar-refractivity contribution is 9.10. The van der Waals surface area contributed by atoms with E-state index in [2.05, 4.69) is 40.2 Å². The van der Waals surface area contributed by atoms with E-state index in [1.165, 1.54) is 5.39 Å². The minimum Gasteiger partial charge on any atom is -0.493 e. The monoisotopic (exact) mass is 386 g/mol. The molecule has 0 aliphatic carbocycles. The van der Waals surface area contributed by atoms with Crippen LogP contribution in [0.1, 0.15) is 11.1 Å². The predicted octanol–water partition coefficient (Wildman–Crippen LogP) is 5.51. The Morgan fingerprint density at radius 2 is 1.50 bits per heavy atom. The molecule has 0 aromatic heterocycles. The van der Waals surface area contributed by atoms with E-state index in [9.17, 15) is 0 Å². The van der Waals surface area contributed by atoms with Gasteiger partial charge < -0.3 is 14.2 Å². The van der Waals surface area contributed by atoms with Crippen molar-refractivity contribution >= 4 is 26.7 Å². The van der Waals surface area contributed by atoms with Crippen molar-refractivity contribution < 1.29 is 14.2 Å². The van der Waals surface area contributed by atoms with Crippen LogP contribution in [0.25, 0.3) is 10.8 Å². The Balaban J connectivity index is 1.81. The number of rotatable bonds is 5. The molecule has 0 N–H and O–H groups in total. The number of halogens is 1. The van der Waals surface area contributed by atoms with Crippen molar-refractivity contribution in [2.24, 2.45) is 0 Å². The van der Waals surface area contributed by atoms with Crippen LogP contribution in [-0.4, -0.2) is 14.2 Å². The van der Waals surface area contributed by atoms with Crippen LogP contribution in [0.3, 0.4) is 0 Å². The highest BCUT2D eigenvalue weighted by Gasteiger charge is 2.09. The van der Waals surface area contributed by atoms with Crippen molar-refractivity contribution in [3.63, 3.8) is 0 Å². The Morgan fingerprint density at radius 1 is 0.833 bits per heavy atom. The molecular formula is C20H19BrO3. The topological polar surface area (TPSA) is 27.7 Å². The molecule has 0 aliphatic heterocycles. The van der Waals surface area contributed by atoms with Crippen molar-refractivity contribution in [3.8, 4) is 17.2 Å². The van der Waals surface area contributed by atoms with Gasteiger partial charge in [-0.1, -0.05) is 28.1 Å². The molecule has 4 heteroatoms. The maximum atomic E-state index is 5.98. The number of methoxy groups -OCH3 is 2. The van der Waals surface area contributed by atoms with Crippen LogP contribution in [0, 0.1) is 6.92 Å². The van der Waals surface area contributed by atoms with Gasteiger partial charge in [0.05, 0.1) is 14.2 Å². The van der Waals surface area contributed by atoms with Crippen molar-refractivity contribution in [3.05, 3.63) is 64.1 Å². The quantitative estimate of drug-likeness (QED) is 0.578. The summed E-state index contributed by atoms with van der Waals surface area (Å²) in [4.78, 5) is 0. The third-order valence-electron chi connectivity index (χ3n) is 4.01. The van der Waals surface area contributed by atoms with Gasteiger partial charge in [-0.25, -0.2) is 0 Å². The summed E-state index contributed by atoms with van der Waals surface area (Å²) in [5.41, 5.74) is 2.18. The van der Waals surface area contributed by atoms with Crippen molar-refractivity contribution in [1.82, 2.24) is 0 Å². The van der Waals surface area contributed by atoms with E-state index in [-0.39, 0.29) is 0 Å². The summed E-state index contributed by atoms with van der Waals surface area (Å²) in [5.74, 6) is 2.29. The highest BCUT2D eigenvalue weighted by atomic mass is 79.9. The summed E-state index contributed by atoms with van der Waals surface area (Å²) >= 11 is 3.49. The van der Waals surface area contributed by atoms with Gasteiger partial charge in [0, 0.05) is 4.47 Å². The van der Waals surface area contributed by atoms with Crippen LogP contribution >= 0.6 is 15.9 Å². The van der Waals surface area contributed by atoms with Gasteiger partial charge in [-0.2, -0.15) is 0 Å². The third-order valence-corrected chi connectivity index (χ3v) is 4.50. The summed E-state index contributed by atoms with van der Waals surface area (Å²) in [7, 11) is 3.28. The summed E-state index contributed by atoms with van der Waals surface area (Å²) in [6.07, 6.45) is 0. The molecule has 0 saturated carbocycles. The second-order valence-corrected chi connectivity index (χ2v) is 6.49. The standard InChI is InChI=1S/C20H19BrO3/c1-13-8-19(22-2)20(23-3)11-16(13)12-24-18-7-5-14-9-17(21)6-4-15(14)10-18/h4-11H,12H2,1-3H3. The molecule has 0 saturated heterocycles. The fourth-order valence-electron chi connectivity index (χ4n) is 2.62. The van der Waals surface area contributed by atoms with E-state index in [0.29, 0.717) is 12.4 Å². The lowest BCUT2D eigenvalue weighted by Gasteiger charge is -2.14. The summed E-state index contributed by atoms with van der Waals surface area (Å²) < 4.78 is 17.7. The van der Waals surface area contributed by atoms with Gasteiger partial charge in [-0.15, -0.1) is 0 Å². The largest absolute Gasteiger partial charge is 0.493 e. The predicted molar refractivity (Wildman–Crippen MR) is 100 cm³/mol. The van der Waals surface area contributed by atoms with Gasteiger partial charge in [-0.3, -0.25) is 0 Å². The SMILES string of the molecule is COc1cc(C)c(COc2ccc3cc(Br)ccc3c2)cc1OC. The van der Waals surface area contributed by atoms with E-state index in [1.807, 2.05) is 31.2 Å². The van der Waals surface area contributed by atoms with Crippen LogP contribution in [0.5, 0.6) is 17.2 Å². The lowest BCUT2D eigenvalue weighted by atomic mass is 10.1. The zero-order chi connectivity index (χ0) is 17.1. The van der Waals surface area contributed by atoms with E-state index in [0.717, 1.165) is 32.5 Å². The number of benzene rings is 3. The van der Waals surface area contributed by atoms with Crippen molar-refractivity contribution in [1.29, 1.82) is 0 Å².